The van der Waals surface area contributed by atoms with Gasteiger partial charge in [0.15, 0.2) is 0 Å². The van der Waals surface area contributed by atoms with Crippen LogP contribution in [0.15, 0.2) is 9.47 Å². The first-order valence-corrected chi connectivity index (χ1v) is 3.50. The first kappa shape index (κ1) is 7.66. The third-order valence-electron chi connectivity index (χ3n) is 0.389. The van der Waals surface area contributed by atoms with Crippen molar-refractivity contribution < 1.29 is 0 Å². The van der Waals surface area contributed by atoms with Crippen LogP contribution in [-0.2, 0) is 0 Å². The lowest BCUT2D eigenvalue weighted by Gasteiger charge is -1.91. The average molecular weight is 229 g/mol. The Morgan fingerprint density at radius 3 is 2.14 bits per heavy atom. The highest BCUT2D eigenvalue weighted by Gasteiger charge is 1.85. The van der Waals surface area contributed by atoms with E-state index in [9.17, 15) is 0 Å². The maximum atomic E-state index is 5.36. The molecule has 42 valence electrons. The Kier molecular flexibility index (Phi) is 3.98. The van der Waals surface area contributed by atoms with Crippen LogP contribution in [-0.4, -0.2) is 6.04 Å². The highest BCUT2D eigenvalue weighted by atomic mass is 79.9. The molecule has 0 aromatic rings. The van der Waals surface area contributed by atoms with Crippen LogP contribution in [0.4, 0.5) is 0 Å². The molecular weight excluding hydrogens is 222 g/mol. The zero-order chi connectivity index (χ0) is 5.86. The van der Waals surface area contributed by atoms with E-state index in [1.54, 1.807) is 0 Å². The van der Waals surface area contributed by atoms with Gasteiger partial charge in [0.25, 0.3) is 0 Å². The van der Waals surface area contributed by atoms with Gasteiger partial charge in [0, 0.05) is 6.04 Å². The zero-order valence-electron chi connectivity index (χ0n) is 3.99. The zero-order valence-corrected chi connectivity index (χ0v) is 7.16. The van der Waals surface area contributed by atoms with Crippen LogP contribution >= 0.6 is 31.9 Å². The molecule has 7 heavy (non-hydrogen) atoms. The number of hydrogen-bond acceptors (Lipinski definition) is 1. The van der Waals surface area contributed by atoms with Crippen LogP contribution in [0.1, 0.15) is 6.92 Å². The molecule has 0 radical (unpaired) electrons. The van der Waals surface area contributed by atoms with Gasteiger partial charge in [-0.1, -0.05) is 0 Å². The van der Waals surface area contributed by atoms with Crippen molar-refractivity contribution >= 4 is 31.9 Å². The van der Waals surface area contributed by atoms with Gasteiger partial charge in [-0.25, -0.2) is 0 Å². The molecule has 0 bridgehead atoms. The van der Waals surface area contributed by atoms with E-state index >= 15 is 0 Å². The summed E-state index contributed by atoms with van der Waals surface area (Å²) in [4.78, 5) is 0. The van der Waals surface area contributed by atoms with Gasteiger partial charge in [0.05, 0.1) is 3.39 Å². The molecule has 1 atom stereocenters. The lowest BCUT2D eigenvalue weighted by Crippen LogP contribution is -2.10. The van der Waals surface area contributed by atoms with Crippen LogP contribution in [0.3, 0.4) is 0 Å². The number of hydrogen-bond donors (Lipinski definition) is 1. The second kappa shape index (κ2) is 3.64. The molecule has 0 aliphatic heterocycles. The van der Waals surface area contributed by atoms with Crippen LogP contribution in [0.2, 0.25) is 0 Å². The highest BCUT2D eigenvalue weighted by Crippen LogP contribution is 2.12. The van der Waals surface area contributed by atoms with E-state index in [4.69, 9.17) is 5.73 Å². The summed E-state index contributed by atoms with van der Waals surface area (Å²) in [5.74, 6) is 0. The fourth-order valence-corrected chi connectivity index (χ4v) is 1.03. The van der Waals surface area contributed by atoms with Crippen LogP contribution in [0.5, 0.6) is 0 Å². The average Bonchev–Trinajstić information content (AvgIpc) is 1.27. The molecule has 0 fully saturated rings. The van der Waals surface area contributed by atoms with E-state index in [1.807, 2.05) is 13.0 Å². The Morgan fingerprint density at radius 1 is 1.71 bits per heavy atom. The molecule has 3 heteroatoms. The summed E-state index contributed by atoms with van der Waals surface area (Å²) in [5.41, 5.74) is 5.36. The van der Waals surface area contributed by atoms with Gasteiger partial charge in [-0.15, -0.1) is 0 Å². The largest absolute Gasteiger partial charge is 0.325 e. The van der Waals surface area contributed by atoms with Crippen molar-refractivity contribution in [1.82, 2.24) is 0 Å². The lowest BCUT2D eigenvalue weighted by molar-refractivity contribution is 0.927. The summed E-state index contributed by atoms with van der Waals surface area (Å²) < 4.78 is 0.912. The second-order valence-electron chi connectivity index (χ2n) is 1.32. The molecule has 0 aromatic carbocycles. The summed E-state index contributed by atoms with van der Waals surface area (Å²) >= 11 is 6.35. The first-order valence-electron chi connectivity index (χ1n) is 1.91. The minimum atomic E-state index is 0.119. The third-order valence-corrected chi connectivity index (χ3v) is 0.918. The molecule has 0 amide bonds. The number of rotatable bonds is 1. The van der Waals surface area contributed by atoms with E-state index < -0.39 is 0 Å². The maximum absolute atomic E-state index is 5.36. The van der Waals surface area contributed by atoms with Gasteiger partial charge >= 0.3 is 0 Å². The minimum Gasteiger partial charge on any atom is -0.325 e. The van der Waals surface area contributed by atoms with Crippen molar-refractivity contribution in [2.45, 2.75) is 13.0 Å². The Morgan fingerprint density at radius 2 is 2.14 bits per heavy atom. The van der Waals surface area contributed by atoms with Crippen molar-refractivity contribution in [3.63, 3.8) is 0 Å². The van der Waals surface area contributed by atoms with Crippen molar-refractivity contribution in [2.24, 2.45) is 5.73 Å². The van der Waals surface area contributed by atoms with E-state index in [2.05, 4.69) is 31.9 Å². The molecule has 0 unspecified atom stereocenters. The number of halogens is 2. The molecule has 0 spiro atoms. The van der Waals surface area contributed by atoms with Crippen molar-refractivity contribution in [1.29, 1.82) is 0 Å². The van der Waals surface area contributed by atoms with Crippen molar-refractivity contribution in [3.8, 4) is 0 Å². The highest BCUT2D eigenvalue weighted by molar-refractivity contribution is 9.28. The van der Waals surface area contributed by atoms with Gasteiger partial charge in [0.1, 0.15) is 0 Å². The Labute approximate surface area is 60.2 Å². The Balaban J connectivity index is 3.45. The molecule has 0 aliphatic carbocycles. The maximum Gasteiger partial charge on any atom is 0.0579 e. The standard InChI is InChI=1S/C4H7Br2N/c1-3(7)2-4(5)6/h2-3H,7H2,1H3/t3-/m0/s1. The third kappa shape index (κ3) is 6.66. The summed E-state index contributed by atoms with van der Waals surface area (Å²) in [7, 11) is 0. The summed E-state index contributed by atoms with van der Waals surface area (Å²) in [6.45, 7) is 1.91. The molecule has 0 aliphatic rings. The quantitative estimate of drug-likeness (QED) is 0.730. The van der Waals surface area contributed by atoms with Gasteiger partial charge < -0.3 is 5.73 Å². The fourth-order valence-electron chi connectivity index (χ4n) is 0.199. The van der Waals surface area contributed by atoms with E-state index in [-0.39, 0.29) is 6.04 Å². The molecule has 0 heterocycles. The molecular formula is C4H7Br2N. The molecule has 2 N–H and O–H groups in total. The van der Waals surface area contributed by atoms with Gasteiger partial charge in [-0.2, -0.15) is 0 Å². The normalized spacial score (nSPS) is 13.1. The first-order chi connectivity index (χ1) is 3.13. The van der Waals surface area contributed by atoms with Crippen LogP contribution in [0.25, 0.3) is 0 Å². The minimum absolute atomic E-state index is 0.119. The SMILES string of the molecule is C[C@H](N)C=C(Br)Br. The predicted octanol–water partition coefficient (Wildman–Crippen LogP) is 1.96. The van der Waals surface area contributed by atoms with E-state index in [1.165, 1.54) is 0 Å². The molecule has 0 saturated carbocycles. The molecule has 0 rings (SSSR count). The van der Waals surface area contributed by atoms with Gasteiger partial charge in [0.2, 0.25) is 0 Å². The Bertz CT molecular complexity index is 73.8. The van der Waals surface area contributed by atoms with Gasteiger partial charge in [-0.05, 0) is 44.9 Å². The second-order valence-corrected chi connectivity index (χ2v) is 4.09. The van der Waals surface area contributed by atoms with Crippen LogP contribution < -0.4 is 5.73 Å². The van der Waals surface area contributed by atoms with E-state index in [0.717, 1.165) is 3.39 Å². The fraction of sp³-hybridized carbons (Fsp3) is 0.500. The lowest BCUT2D eigenvalue weighted by atomic mass is 10.4. The molecule has 0 aromatic heterocycles. The summed E-state index contributed by atoms with van der Waals surface area (Å²) in [6, 6.07) is 0.119. The van der Waals surface area contributed by atoms with Gasteiger partial charge in [-0.3, -0.25) is 0 Å². The molecule has 0 saturated heterocycles. The topological polar surface area (TPSA) is 26.0 Å². The summed E-state index contributed by atoms with van der Waals surface area (Å²) in [6.07, 6.45) is 1.86. The Hall–Kier alpha value is 0.660. The van der Waals surface area contributed by atoms with E-state index in [0.29, 0.717) is 0 Å². The number of nitrogens with two attached hydrogens (primary N) is 1. The van der Waals surface area contributed by atoms with Crippen molar-refractivity contribution in [3.05, 3.63) is 9.47 Å². The monoisotopic (exact) mass is 227 g/mol. The summed E-state index contributed by atoms with van der Waals surface area (Å²) in [5, 5.41) is 0. The van der Waals surface area contributed by atoms with Crippen molar-refractivity contribution in [2.75, 3.05) is 0 Å². The smallest absolute Gasteiger partial charge is 0.0579 e. The molecule has 1 nitrogen and oxygen atoms in total. The predicted molar refractivity (Wildman–Crippen MR) is 39.6 cm³/mol. The van der Waals surface area contributed by atoms with Crippen LogP contribution in [0, 0.1) is 0 Å².